The molecule has 2 aromatic heterocycles. The van der Waals surface area contributed by atoms with Crippen LogP contribution in [0, 0.1) is 17.1 Å². The van der Waals surface area contributed by atoms with Gasteiger partial charge in [-0.05, 0) is 36.4 Å². The fourth-order valence-corrected chi connectivity index (χ4v) is 3.25. The second-order valence-electron chi connectivity index (χ2n) is 7.50. The van der Waals surface area contributed by atoms with Crippen LogP contribution in [0.1, 0.15) is 17.0 Å². The molecule has 0 aliphatic rings. The Bertz CT molecular complexity index is 1590. The normalized spacial score (nSPS) is 11.0. The molecule has 4 aromatic rings. The Labute approximate surface area is 220 Å². The number of hydrogen-bond acceptors (Lipinski definition) is 11. The average Bonchev–Trinajstić information content (AvgIpc) is 3.36. The van der Waals surface area contributed by atoms with E-state index in [1.165, 1.54) is 43.8 Å². The van der Waals surface area contributed by atoms with Gasteiger partial charge in [-0.1, -0.05) is 0 Å². The van der Waals surface area contributed by atoms with Crippen LogP contribution in [-0.4, -0.2) is 64.0 Å². The maximum atomic E-state index is 15.8. The molecule has 0 spiro atoms. The van der Waals surface area contributed by atoms with Gasteiger partial charge in [-0.3, -0.25) is 4.98 Å². The summed E-state index contributed by atoms with van der Waals surface area (Å²) in [6.07, 6.45) is 1.96. The van der Waals surface area contributed by atoms with Gasteiger partial charge in [-0.15, -0.1) is 9.78 Å². The lowest BCUT2D eigenvalue weighted by atomic mass is 10.1. The predicted molar refractivity (Wildman–Crippen MR) is 133 cm³/mol. The maximum Gasteiger partial charge on any atom is 0.508 e. The van der Waals surface area contributed by atoms with Crippen molar-refractivity contribution in [3.05, 3.63) is 88.1 Å². The summed E-state index contributed by atoms with van der Waals surface area (Å²) < 4.78 is 36.7. The summed E-state index contributed by atoms with van der Waals surface area (Å²) in [5.41, 5.74) is -0.169. The third-order valence-corrected chi connectivity index (χ3v) is 5.05. The number of aromatic amines is 1. The molecule has 4 rings (SSSR count). The molecule has 0 bridgehead atoms. The average molecular weight is 533 g/mol. The van der Waals surface area contributed by atoms with E-state index < -0.39 is 17.7 Å². The number of nitriles is 1. The molecule has 0 saturated carbocycles. The number of benzene rings is 2. The Kier molecular flexibility index (Phi) is 8.22. The minimum atomic E-state index is -0.913. The molecule has 198 valence electrons. The molecule has 0 radical (unpaired) electrons. The van der Waals surface area contributed by atoms with E-state index in [4.69, 9.17) is 19.5 Å². The van der Waals surface area contributed by atoms with Crippen molar-refractivity contribution in [3.63, 3.8) is 0 Å². The first-order chi connectivity index (χ1) is 18.9. The van der Waals surface area contributed by atoms with Gasteiger partial charge < -0.3 is 18.9 Å². The molecule has 14 heteroatoms. The molecule has 0 saturated heterocycles. The molecule has 0 atom stereocenters. The van der Waals surface area contributed by atoms with Gasteiger partial charge in [0, 0.05) is 24.0 Å². The van der Waals surface area contributed by atoms with Gasteiger partial charge in [0.1, 0.15) is 24.7 Å². The van der Waals surface area contributed by atoms with E-state index in [0.29, 0.717) is 11.3 Å². The van der Waals surface area contributed by atoms with E-state index in [-0.39, 0.29) is 47.8 Å². The Balaban J connectivity index is 1.82. The third-order valence-electron chi connectivity index (χ3n) is 5.05. The molecule has 2 heterocycles. The number of ether oxygens (including phenoxy) is 4. The first kappa shape index (κ1) is 26.5. The number of nitrogens with zero attached hydrogens (tertiary/aromatic N) is 6. The number of halogens is 1. The molecule has 0 aliphatic heterocycles. The van der Waals surface area contributed by atoms with Gasteiger partial charge in [-0.2, -0.15) is 5.26 Å². The Morgan fingerprint density at radius 2 is 1.90 bits per heavy atom. The van der Waals surface area contributed by atoms with Gasteiger partial charge >= 0.3 is 11.8 Å². The zero-order valence-corrected chi connectivity index (χ0v) is 20.6. The van der Waals surface area contributed by atoms with E-state index in [9.17, 15) is 9.59 Å². The lowest BCUT2D eigenvalue weighted by molar-refractivity contribution is 0.0611. The first-order valence-corrected chi connectivity index (χ1v) is 11.2. The van der Waals surface area contributed by atoms with Crippen molar-refractivity contribution in [2.24, 2.45) is 4.99 Å². The number of H-pyrrole nitrogens is 1. The number of aliphatic imine (C=N–C) groups is 1. The minimum absolute atomic E-state index is 0.0107. The minimum Gasteiger partial charge on any atom is -0.497 e. The zero-order valence-electron chi connectivity index (χ0n) is 20.6. The summed E-state index contributed by atoms with van der Waals surface area (Å²) in [5, 5.41) is 13.3. The smallest absolute Gasteiger partial charge is 0.497 e. The maximum absolute atomic E-state index is 15.8. The molecule has 0 aliphatic carbocycles. The summed E-state index contributed by atoms with van der Waals surface area (Å²) in [4.78, 5) is 39.0. The summed E-state index contributed by atoms with van der Waals surface area (Å²) in [6, 6.07) is 12.4. The SMILES string of the molecule is COC(=O)OCCOc1cc(OC)cc(C(=Nc2ccc(C#N)cc2)c2nn(-c3ncccn3)c(=O)[nH]2)c1F. The summed E-state index contributed by atoms with van der Waals surface area (Å²) in [5.74, 6) is -1.01. The van der Waals surface area contributed by atoms with Crippen molar-refractivity contribution in [2.45, 2.75) is 0 Å². The summed E-state index contributed by atoms with van der Waals surface area (Å²) >= 11 is 0. The zero-order chi connectivity index (χ0) is 27.8. The van der Waals surface area contributed by atoms with Gasteiger partial charge in [-0.25, -0.2) is 28.9 Å². The fraction of sp³-hybridized carbons (Fsp3) is 0.160. The molecular formula is C25H20FN7O6. The van der Waals surface area contributed by atoms with Crippen molar-refractivity contribution in [3.8, 4) is 23.5 Å². The predicted octanol–water partition coefficient (Wildman–Crippen LogP) is 2.70. The molecule has 13 nitrogen and oxygen atoms in total. The van der Waals surface area contributed by atoms with Crippen LogP contribution < -0.4 is 15.2 Å². The van der Waals surface area contributed by atoms with Crippen molar-refractivity contribution in [2.75, 3.05) is 27.4 Å². The number of methoxy groups -OCH3 is 2. The number of carbonyl (C=O) groups is 1. The second kappa shape index (κ2) is 12.1. The highest BCUT2D eigenvalue weighted by molar-refractivity contribution is 6.12. The van der Waals surface area contributed by atoms with Gasteiger partial charge in [0.25, 0.3) is 5.95 Å². The van der Waals surface area contributed by atoms with Crippen LogP contribution in [0.3, 0.4) is 0 Å². The fourth-order valence-electron chi connectivity index (χ4n) is 3.25. The highest BCUT2D eigenvalue weighted by Gasteiger charge is 2.23. The highest BCUT2D eigenvalue weighted by atomic mass is 19.1. The monoisotopic (exact) mass is 533 g/mol. The van der Waals surface area contributed by atoms with Gasteiger partial charge in [0.15, 0.2) is 17.4 Å². The molecule has 0 amide bonds. The molecular weight excluding hydrogens is 513 g/mol. The largest absolute Gasteiger partial charge is 0.508 e. The lowest BCUT2D eigenvalue weighted by Crippen LogP contribution is -2.18. The van der Waals surface area contributed by atoms with E-state index in [1.807, 2.05) is 6.07 Å². The van der Waals surface area contributed by atoms with E-state index in [1.54, 1.807) is 18.2 Å². The van der Waals surface area contributed by atoms with Gasteiger partial charge in [0.05, 0.1) is 31.5 Å². The molecule has 1 N–H and O–H groups in total. The quantitative estimate of drug-likeness (QED) is 0.192. The van der Waals surface area contributed by atoms with Crippen molar-refractivity contribution >= 4 is 17.6 Å². The first-order valence-electron chi connectivity index (χ1n) is 11.2. The number of carbonyl (C=O) groups excluding carboxylic acids is 1. The number of hydrogen-bond donors (Lipinski definition) is 1. The van der Waals surface area contributed by atoms with Crippen LogP contribution in [0.5, 0.6) is 11.5 Å². The van der Waals surface area contributed by atoms with Crippen LogP contribution in [0.2, 0.25) is 0 Å². The van der Waals surface area contributed by atoms with Gasteiger partial charge in [0.2, 0.25) is 0 Å². The highest BCUT2D eigenvalue weighted by Crippen LogP contribution is 2.30. The van der Waals surface area contributed by atoms with Crippen LogP contribution in [0.25, 0.3) is 5.95 Å². The van der Waals surface area contributed by atoms with Crippen LogP contribution in [0.4, 0.5) is 14.9 Å². The van der Waals surface area contributed by atoms with E-state index >= 15 is 4.39 Å². The van der Waals surface area contributed by atoms with Crippen LogP contribution in [0.15, 0.2) is 64.6 Å². The summed E-state index contributed by atoms with van der Waals surface area (Å²) in [7, 11) is 2.53. The molecule has 0 unspecified atom stereocenters. The van der Waals surface area contributed by atoms with Crippen molar-refractivity contribution < 1.29 is 28.1 Å². The van der Waals surface area contributed by atoms with E-state index in [0.717, 1.165) is 11.8 Å². The van der Waals surface area contributed by atoms with Crippen molar-refractivity contribution in [1.82, 2.24) is 24.7 Å². The number of nitrogens with one attached hydrogen (secondary N) is 1. The topological polar surface area (TPSA) is 167 Å². The Morgan fingerprint density at radius 1 is 1.15 bits per heavy atom. The lowest BCUT2D eigenvalue weighted by Gasteiger charge is -2.13. The molecule has 0 fully saturated rings. The number of aromatic nitrogens is 5. The van der Waals surface area contributed by atoms with Crippen LogP contribution in [-0.2, 0) is 9.47 Å². The third kappa shape index (κ3) is 6.23. The van der Waals surface area contributed by atoms with E-state index in [2.05, 4.69) is 29.8 Å². The van der Waals surface area contributed by atoms with Crippen molar-refractivity contribution in [1.29, 1.82) is 5.26 Å². The Hall–Kier alpha value is -5.58. The standard InChI is InChI=1S/C25H20FN7O6/c1-36-17-12-18(20(26)19(13-17)38-10-11-39-25(35)37-2)21(30-16-6-4-15(14-27)5-7-16)22-31-24(34)33(32-22)23-28-8-3-9-29-23/h3-9,12-13H,10-11H2,1-2H3,(H,31,32,34). The molecule has 39 heavy (non-hydrogen) atoms. The number of rotatable bonds is 9. The van der Waals surface area contributed by atoms with Crippen LogP contribution >= 0.6 is 0 Å². The second-order valence-corrected chi connectivity index (χ2v) is 7.50. The molecule has 2 aromatic carbocycles. The summed E-state index contributed by atoms with van der Waals surface area (Å²) in [6.45, 7) is -0.406. The Morgan fingerprint density at radius 3 is 2.56 bits per heavy atom.